The zero-order valence-electron chi connectivity index (χ0n) is 15.8. The van der Waals surface area contributed by atoms with E-state index in [0.717, 1.165) is 0 Å². The van der Waals surface area contributed by atoms with E-state index in [2.05, 4.69) is 0 Å². The highest BCUT2D eigenvalue weighted by molar-refractivity contribution is 7.12. The Morgan fingerprint density at radius 2 is 1.93 bits per heavy atom. The second-order valence-corrected chi connectivity index (χ2v) is 8.47. The van der Waals surface area contributed by atoms with Crippen LogP contribution in [0.15, 0.2) is 41.8 Å². The monoisotopic (exact) mass is 419 g/mol. The van der Waals surface area contributed by atoms with E-state index in [-0.39, 0.29) is 43.4 Å². The maximum absolute atomic E-state index is 12.8. The zero-order valence-corrected chi connectivity index (χ0v) is 17.4. The summed E-state index contributed by atoms with van der Waals surface area (Å²) in [5.41, 5.74) is 0.693. The highest BCUT2D eigenvalue weighted by Gasteiger charge is 2.33. The molecule has 0 unspecified atom stereocenters. The summed E-state index contributed by atoms with van der Waals surface area (Å²) in [5, 5.41) is 2.42. The summed E-state index contributed by atoms with van der Waals surface area (Å²) in [7, 11) is 0. The number of halogens is 1. The van der Waals surface area contributed by atoms with Crippen LogP contribution in [0.3, 0.4) is 0 Å². The molecule has 2 aromatic rings. The van der Waals surface area contributed by atoms with Crippen molar-refractivity contribution in [3.63, 3.8) is 0 Å². The van der Waals surface area contributed by atoms with Crippen LogP contribution in [0.5, 0.6) is 0 Å². The van der Waals surface area contributed by atoms with E-state index in [4.69, 9.17) is 11.6 Å². The first-order chi connectivity index (χ1) is 13.3. The van der Waals surface area contributed by atoms with E-state index in [1.54, 1.807) is 40.1 Å². The van der Waals surface area contributed by atoms with Crippen molar-refractivity contribution < 1.29 is 14.4 Å². The standard InChI is InChI=1S/C20H22ClN3O3S/c1-14(2)10-22(20(27)17-4-3-9-28-17)11-18(25)23-12-19(26)24(13-23)16-7-5-15(21)6-8-16/h3-9,14H,10-13H2,1-2H3. The van der Waals surface area contributed by atoms with Crippen LogP contribution in [0.1, 0.15) is 23.5 Å². The molecule has 0 N–H and O–H groups in total. The van der Waals surface area contributed by atoms with Crippen LogP contribution in [0.25, 0.3) is 0 Å². The average Bonchev–Trinajstić information content (AvgIpc) is 3.31. The highest BCUT2D eigenvalue weighted by atomic mass is 35.5. The third kappa shape index (κ3) is 4.72. The van der Waals surface area contributed by atoms with Gasteiger partial charge in [0.1, 0.15) is 19.8 Å². The number of rotatable bonds is 6. The van der Waals surface area contributed by atoms with Gasteiger partial charge < -0.3 is 9.80 Å². The van der Waals surface area contributed by atoms with Crippen LogP contribution in [0, 0.1) is 5.92 Å². The van der Waals surface area contributed by atoms with Crippen molar-refractivity contribution in [1.29, 1.82) is 0 Å². The summed E-state index contributed by atoms with van der Waals surface area (Å²) in [6, 6.07) is 10.5. The van der Waals surface area contributed by atoms with Gasteiger partial charge in [0.2, 0.25) is 11.8 Å². The highest BCUT2D eigenvalue weighted by Crippen LogP contribution is 2.22. The van der Waals surface area contributed by atoms with E-state index in [9.17, 15) is 14.4 Å². The fourth-order valence-electron chi connectivity index (χ4n) is 3.04. The summed E-state index contributed by atoms with van der Waals surface area (Å²) < 4.78 is 0. The Morgan fingerprint density at radius 1 is 1.21 bits per heavy atom. The van der Waals surface area contributed by atoms with Gasteiger partial charge in [0, 0.05) is 17.3 Å². The molecule has 28 heavy (non-hydrogen) atoms. The predicted molar refractivity (Wildman–Crippen MR) is 111 cm³/mol. The first kappa shape index (κ1) is 20.4. The summed E-state index contributed by atoms with van der Waals surface area (Å²) >= 11 is 7.26. The van der Waals surface area contributed by atoms with Crippen molar-refractivity contribution in [2.75, 3.05) is 31.2 Å². The van der Waals surface area contributed by atoms with Gasteiger partial charge in [-0.15, -0.1) is 11.3 Å². The third-order valence-electron chi connectivity index (χ3n) is 4.36. The number of carbonyl (C=O) groups excluding carboxylic acids is 3. The number of amides is 3. The molecule has 1 aliphatic heterocycles. The quantitative estimate of drug-likeness (QED) is 0.721. The van der Waals surface area contributed by atoms with Crippen molar-refractivity contribution in [1.82, 2.24) is 9.80 Å². The lowest BCUT2D eigenvalue weighted by atomic mass is 10.2. The van der Waals surface area contributed by atoms with Crippen molar-refractivity contribution in [2.45, 2.75) is 13.8 Å². The largest absolute Gasteiger partial charge is 0.328 e. The van der Waals surface area contributed by atoms with Gasteiger partial charge in [-0.05, 0) is 41.6 Å². The van der Waals surface area contributed by atoms with Gasteiger partial charge in [-0.1, -0.05) is 31.5 Å². The lowest BCUT2D eigenvalue weighted by Gasteiger charge is -2.26. The van der Waals surface area contributed by atoms with Crippen LogP contribution in [0.2, 0.25) is 5.02 Å². The van der Waals surface area contributed by atoms with Crippen LogP contribution < -0.4 is 4.90 Å². The van der Waals surface area contributed by atoms with E-state index in [1.165, 1.54) is 16.2 Å². The second-order valence-electron chi connectivity index (χ2n) is 7.09. The molecule has 0 aliphatic carbocycles. The number of anilines is 1. The molecule has 1 saturated heterocycles. The predicted octanol–water partition coefficient (Wildman–Crippen LogP) is 3.33. The van der Waals surface area contributed by atoms with Crippen LogP contribution in [-0.4, -0.2) is 53.8 Å². The molecule has 8 heteroatoms. The molecule has 1 aromatic heterocycles. The zero-order chi connectivity index (χ0) is 20.3. The summed E-state index contributed by atoms with van der Waals surface area (Å²) in [5.74, 6) is -0.328. The molecule has 0 bridgehead atoms. The molecular weight excluding hydrogens is 398 g/mol. The second kappa shape index (κ2) is 8.75. The first-order valence-corrected chi connectivity index (χ1v) is 10.3. The maximum Gasteiger partial charge on any atom is 0.264 e. The number of benzene rings is 1. The normalized spacial score (nSPS) is 14.1. The lowest BCUT2D eigenvalue weighted by Crippen LogP contribution is -2.44. The van der Waals surface area contributed by atoms with Gasteiger partial charge >= 0.3 is 0 Å². The summed E-state index contributed by atoms with van der Waals surface area (Å²) in [6.45, 7) is 4.61. The molecular formula is C20H22ClN3O3S. The van der Waals surface area contributed by atoms with Gasteiger partial charge in [-0.3, -0.25) is 19.3 Å². The topological polar surface area (TPSA) is 60.9 Å². The molecule has 0 radical (unpaired) electrons. The van der Waals surface area contributed by atoms with Gasteiger partial charge in [0.25, 0.3) is 5.91 Å². The van der Waals surface area contributed by atoms with Gasteiger partial charge in [0.05, 0.1) is 4.88 Å². The first-order valence-electron chi connectivity index (χ1n) is 9.01. The van der Waals surface area contributed by atoms with Crippen molar-refractivity contribution in [3.8, 4) is 0 Å². The smallest absolute Gasteiger partial charge is 0.264 e. The van der Waals surface area contributed by atoms with Gasteiger partial charge in [-0.25, -0.2) is 0 Å². The molecule has 1 fully saturated rings. The third-order valence-corrected chi connectivity index (χ3v) is 5.47. The number of carbonyl (C=O) groups is 3. The number of hydrogen-bond acceptors (Lipinski definition) is 4. The fraction of sp³-hybridized carbons (Fsp3) is 0.350. The lowest BCUT2D eigenvalue weighted by molar-refractivity contribution is -0.132. The van der Waals surface area contributed by atoms with Crippen molar-refractivity contribution in [2.24, 2.45) is 5.92 Å². The Morgan fingerprint density at radius 3 is 2.54 bits per heavy atom. The molecule has 0 atom stereocenters. The number of thiophene rings is 1. The number of nitrogens with zero attached hydrogens (tertiary/aromatic N) is 3. The Balaban J connectivity index is 1.69. The number of hydrogen-bond donors (Lipinski definition) is 0. The molecule has 0 spiro atoms. The molecule has 3 rings (SSSR count). The van der Waals surface area contributed by atoms with Crippen LogP contribution in [-0.2, 0) is 9.59 Å². The van der Waals surface area contributed by atoms with Crippen LogP contribution >= 0.6 is 22.9 Å². The molecule has 6 nitrogen and oxygen atoms in total. The maximum atomic E-state index is 12.8. The molecule has 148 valence electrons. The van der Waals surface area contributed by atoms with E-state index in [0.29, 0.717) is 22.1 Å². The minimum Gasteiger partial charge on any atom is -0.328 e. The Labute approximate surface area is 173 Å². The molecule has 1 aliphatic rings. The van der Waals surface area contributed by atoms with Crippen molar-refractivity contribution in [3.05, 3.63) is 51.7 Å². The van der Waals surface area contributed by atoms with Crippen molar-refractivity contribution >= 4 is 46.3 Å². The minimum absolute atomic E-state index is 0.00414. The Hall–Kier alpha value is -2.38. The Kier molecular flexibility index (Phi) is 6.36. The van der Waals surface area contributed by atoms with Crippen LogP contribution in [0.4, 0.5) is 5.69 Å². The SMILES string of the molecule is CC(C)CN(CC(=O)N1CC(=O)N(c2ccc(Cl)cc2)C1)C(=O)c1cccs1. The van der Waals surface area contributed by atoms with E-state index in [1.807, 2.05) is 25.3 Å². The van der Waals surface area contributed by atoms with E-state index < -0.39 is 0 Å². The molecule has 2 heterocycles. The fourth-order valence-corrected chi connectivity index (χ4v) is 3.86. The molecule has 3 amide bonds. The van der Waals surface area contributed by atoms with Gasteiger partial charge in [0.15, 0.2) is 0 Å². The van der Waals surface area contributed by atoms with Gasteiger partial charge in [-0.2, -0.15) is 0 Å². The van der Waals surface area contributed by atoms with E-state index >= 15 is 0 Å². The molecule has 0 saturated carbocycles. The summed E-state index contributed by atoms with van der Waals surface area (Å²) in [6.07, 6.45) is 0. The summed E-state index contributed by atoms with van der Waals surface area (Å²) in [4.78, 5) is 43.1. The Bertz CT molecular complexity index is 852. The molecule has 1 aromatic carbocycles. The minimum atomic E-state index is -0.240. The average molecular weight is 420 g/mol.